The number of amides is 1. The van der Waals surface area contributed by atoms with Gasteiger partial charge in [-0.25, -0.2) is 5.43 Å². The predicted octanol–water partition coefficient (Wildman–Crippen LogP) is 4.57. The molecular formula is C25H25N3O5. The maximum absolute atomic E-state index is 12.1. The zero-order valence-corrected chi connectivity index (χ0v) is 18.5. The van der Waals surface area contributed by atoms with E-state index in [9.17, 15) is 14.9 Å². The monoisotopic (exact) mass is 447 g/mol. The van der Waals surface area contributed by atoms with Crippen molar-refractivity contribution in [1.82, 2.24) is 5.43 Å². The van der Waals surface area contributed by atoms with Crippen molar-refractivity contribution in [1.29, 1.82) is 0 Å². The molecule has 0 saturated carbocycles. The summed E-state index contributed by atoms with van der Waals surface area (Å²) in [5, 5.41) is 15.0. The number of para-hydroxylation sites is 1. The van der Waals surface area contributed by atoms with E-state index in [4.69, 9.17) is 9.47 Å². The lowest BCUT2D eigenvalue weighted by Gasteiger charge is -2.12. The van der Waals surface area contributed by atoms with Gasteiger partial charge in [0.15, 0.2) is 11.5 Å². The minimum Gasteiger partial charge on any atom is -0.490 e. The number of carbonyl (C=O) groups excluding carboxylic acids is 1. The van der Waals surface area contributed by atoms with Crippen LogP contribution in [0, 0.1) is 17.0 Å². The number of nitro benzene ring substituents is 1. The van der Waals surface area contributed by atoms with E-state index in [0.29, 0.717) is 35.8 Å². The van der Waals surface area contributed by atoms with E-state index in [1.54, 1.807) is 36.4 Å². The number of nitro groups is 1. The normalized spacial score (nSPS) is 10.7. The third-order valence-corrected chi connectivity index (χ3v) is 4.72. The first-order valence-corrected chi connectivity index (χ1v) is 10.5. The molecule has 0 saturated heterocycles. The molecule has 8 nitrogen and oxygen atoms in total. The molecule has 170 valence electrons. The van der Waals surface area contributed by atoms with E-state index >= 15 is 0 Å². The minimum atomic E-state index is -0.510. The summed E-state index contributed by atoms with van der Waals surface area (Å²) >= 11 is 0. The molecule has 1 amide bonds. The highest BCUT2D eigenvalue weighted by atomic mass is 16.6. The molecule has 0 aliphatic rings. The van der Waals surface area contributed by atoms with Crippen molar-refractivity contribution >= 4 is 17.8 Å². The third-order valence-electron chi connectivity index (χ3n) is 4.72. The van der Waals surface area contributed by atoms with Crippen molar-refractivity contribution < 1.29 is 19.2 Å². The second kappa shape index (κ2) is 11.4. The van der Waals surface area contributed by atoms with Crippen LogP contribution in [0.25, 0.3) is 0 Å². The maximum Gasteiger partial charge on any atom is 0.273 e. The molecule has 3 aromatic rings. The number of hydrazone groups is 1. The van der Waals surface area contributed by atoms with E-state index in [1.807, 2.05) is 38.1 Å². The van der Waals surface area contributed by atoms with Gasteiger partial charge < -0.3 is 9.47 Å². The van der Waals surface area contributed by atoms with E-state index in [1.165, 1.54) is 17.8 Å². The molecule has 0 heterocycles. The Balaban J connectivity index is 1.62. The van der Waals surface area contributed by atoms with Crippen molar-refractivity contribution in [2.75, 3.05) is 6.61 Å². The van der Waals surface area contributed by atoms with Gasteiger partial charge in [-0.15, -0.1) is 0 Å². The molecule has 0 aromatic heterocycles. The van der Waals surface area contributed by atoms with Crippen LogP contribution in [0.3, 0.4) is 0 Å². The summed E-state index contributed by atoms with van der Waals surface area (Å²) in [6.45, 7) is 4.79. The van der Waals surface area contributed by atoms with Gasteiger partial charge in [0, 0.05) is 11.6 Å². The van der Waals surface area contributed by atoms with Crippen molar-refractivity contribution in [2.45, 2.75) is 26.9 Å². The zero-order chi connectivity index (χ0) is 23.6. The van der Waals surface area contributed by atoms with Crippen LogP contribution in [0.4, 0.5) is 5.69 Å². The van der Waals surface area contributed by atoms with Crippen molar-refractivity contribution in [2.24, 2.45) is 5.10 Å². The molecule has 3 aromatic carbocycles. The number of nitrogens with zero attached hydrogens (tertiary/aromatic N) is 2. The summed E-state index contributed by atoms with van der Waals surface area (Å²) < 4.78 is 11.6. The lowest BCUT2D eigenvalue weighted by Crippen LogP contribution is -2.20. The van der Waals surface area contributed by atoms with Crippen molar-refractivity contribution in [3.05, 3.63) is 99.1 Å². The Labute approximate surface area is 192 Å². The summed E-state index contributed by atoms with van der Waals surface area (Å²) in [4.78, 5) is 22.7. The Kier molecular flexibility index (Phi) is 8.13. The van der Waals surface area contributed by atoms with Crippen LogP contribution in [-0.4, -0.2) is 23.7 Å². The van der Waals surface area contributed by atoms with Gasteiger partial charge in [-0.2, -0.15) is 5.10 Å². The predicted molar refractivity (Wildman–Crippen MR) is 126 cm³/mol. The average molecular weight is 447 g/mol. The minimum absolute atomic E-state index is 0.0980. The first-order chi connectivity index (χ1) is 16.0. The summed E-state index contributed by atoms with van der Waals surface area (Å²) in [6.07, 6.45) is 1.33. The fourth-order valence-corrected chi connectivity index (χ4v) is 3.07. The highest BCUT2D eigenvalue weighted by molar-refractivity contribution is 5.84. The number of hydrogen-bond donors (Lipinski definition) is 1. The fourth-order valence-electron chi connectivity index (χ4n) is 3.07. The highest BCUT2D eigenvalue weighted by Crippen LogP contribution is 2.29. The maximum atomic E-state index is 12.1. The Morgan fingerprint density at radius 3 is 2.55 bits per heavy atom. The molecule has 0 aliphatic carbocycles. The van der Waals surface area contributed by atoms with Gasteiger partial charge in [0.2, 0.25) is 5.91 Å². The average Bonchev–Trinajstić information content (AvgIpc) is 2.80. The molecule has 33 heavy (non-hydrogen) atoms. The number of hydrogen-bond acceptors (Lipinski definition) is 6. The first-order valence-electron chi connectivity index (χ1n) is 10.5. The van der Waals surface area contributed by atoms with E-state index in [2.05, 4.69) is 10.5 Å². The molecule has 0 atom stereocenters. The second-order valence-electron chi connectivity index (χ2n) is 7.27. The van der Waals surface area contributed by atoms with Crippen LogP contribution in [0.5, 0.6) is 11.5 Å². The summed E-state index contributed by atoms with van der Waals surface area (Å²) in [5.41, 5.74) is 5.56. The van der Waals surface area contributed by atoms with Crippen LogP contribution >= 0.6 is 0 Å². The second-order valence-corrected chi connectivity index (χ2v) is 7.27. The lowest BCUT2D eigenvalue weighted by molar-refractivity contribution is -0.385. The molecule has 0 aliphatic heterocycles. The Morgan fingerprint density at radius 2 is 1.82 bits per heavy atom. The molecular weight excluding hydrogens is 422 g/mol. The standard InChI is InChI=1S/C25H25N3O5/c1-3-32-24-14-20(12-13-23(24)33-17-19-10-8-18(2)9-11-19)16-26-27-25(29)15-21-6-4-5-7-22(21)28(30)31/h4-14,16H,3,15,17H2,1-2H3,(H,27,29)/b26-16+. The number of aryl methyl sites for hydroxylation is 1. The Morgan fingerprint density at radius 1 is 1.06 bits per heavy atom. The third kappa shape index (κ3) is 6.90. The Hall–Kier alpha value is -4.20. The Bertz CT molecular complexity index is 1140. The van der Waals surface area contributed by atoms with Crippen LogP contribution in [-0.2, 0) is 17.8 Å². The van der Waals surface area contributed by atoms with E-state index in [-0.39, 0.29) is 12.1 Å². The lowest BCUT2D eigenvalue weighted by atomic mass is 10.1. The van der Waals surface area contributed by atoms with Crippen molar-refractivity contribution in [3.8, 4) is 11.5 Å². The molecule has 0 spiro atoms. The van der Waals surface area contributed by atoms with Crippen LogP contribution in [0.2, 0.25) is 0 Å². The zero-order valence-electron chi connectivity index (χ0n) is 18.5. The van der Waals surface area contributed by atoms with Gasteiger partial charge in [-0.3, -0.25) is 14.9 Å². The van der Waals surface area contributed by atoms with Crippen LogP contribution in [0.15, 0.2) is 71.8 Å². The van der Waals surface area contributed by atoms with Gasteiger partial charge >= 0.3 is 0 Å². The highest BCUT2D eigenvalue weighted by Gasteiger charge is 2.15. The quantitative estimate of drug-likeness (QED) is 0.278. The van der Waals surface area contributed by atoms with E-state index < -0.39 is 10.8 Å². The smallest absolute Gasteiger partial charge is 0.273 e. The number of ether oxygens (including phenoxy) is 2. The summed E-state index contributed by atoms with van der Waals surface area (Å²) in [6, 6.07) is 19.6. The topological polar surface area (TPSA) is 103 Å². The van der Waals surface area contributed by atoms with Gasteiger partial charge in [-0.05, 0) is 43.2 Å². The van der Waals surface area contributed by atoms with Gasteiger partial charge in [0.1, 0.15) is 6.61 Å². The molecule has 0 radical (unpaired) electrons. The number of rotatable bonds is 10. The van der Waals surface area contributed by atoms with Gasteiger partial charge in [0.25, 0.3) is 5.69 Å². The summed E-state index contributed by atoms with van der Waals surface area (Å²) in [5.74, 6) is 0.721. The van der Waals surface area contributed by atoms with Crippen LogP contribution < -0.4 is 14.9 Å². The molecule has 0 bridgehead atoms. The van der Waals surface area contributed by atoms with Gasteiger partial charge in [0.05, 0.1) is 24.2 Å². The summed E-state index contributed by atoms with van der Waals surface area (Å²) in [7, 11) is 0. The molecule has 0 unspecified atom stereocenters. The molecule has 1 N–H and O–H groups in total. The molecule has 3 rings (SSSR count). The number of nitrogens with one attached hydrogen (secondary N) is 1. The SMILES string of the molecule is CCOc1cc(/C=N/NC(=O)Cc2ccccc2[N+](=O)[O-])ccc1OCc1ccc(C)cc1. The number of carbonyl (C=O) groups is 1. The molecule has 0 fully saturated rings. The van der Waals surface area contributed by atoms with Crippen LogP contribution in [0.1, 0.15) is 29.2 Å². The van der Waals surface area contributed by atoms with E-state index in [0.717, 1.165) is 5.56 Å². The fraction of sp³-hybridized carbons (Fsp3) is 0.200. The number of benzene rings is 3. The first kappa shape index (κ1) is 23.5. The largest absolute Gasteiger partial charge is 0.490 e. The van der Waals surface area contributed by atoms with Gasteiger partial charge in [-0.1, -0.05) is 48.0 Å². The van der Waals surface area contributed by atoms with Crippen molar-refractivity contribution in [3.63, 3.8) is 0 Å². The molecule has 8 heteroatoms.